The Labute approximate surface area is 108 Å². The Bertz CT molecular complexity index is 402. The first-order chi connectivity index (χ1) is 7.36. The first kappa shape index (κ1) is 13.4. The lowest BCUT2D eigenvalue weighted by Gasteiger charge is -2.33. The summed E-state index contributed by atoms with van der Waals surface area (Å²) in [7, 11) is 5.70. The monoisotopic (exact) mass is 255 g/mol. The van der Waals surface area contributed by atoms with E-state index in [2.05, 4.69) is 13.0 Å². The van der Waals surface area contributed by atoms with E-state index in [1.54, 1.807) is 7.11 Å². The van der Waals surface area contributed by atoms with Gasteiger partial charge in [-0.25, -0.2) is 0 Å². The number of nitrogens with zero attached hydrogens (tertiary/aromatic N) is 1. The highest BCUT2D eigenvalue weighted by Gasteiger charge is 2.17. The van der Waals surface area contributed by atoms with Crippen LogP contribution in [0.3, 0.4) is 0 Å². The van der Waals surface area contributed by atoms with Crippen LogP contribution in [0.15, 0.2) is 18.2 Å². The van der Waals surface area contributed by atoms with Crippen molar-refractivity contribution in [3.63, 3.8) is 0 Å². The highest BCUT2D eigenvalue weighted by molar-refractivity contribution is 7.99. The molecule has 0 N–H and O–H groups in total. The van der Waals surface area contributed by atoms with Crippen LogP contribution in [0.4, 0.5) is 0 Å². The molecule has 88 valence electrons. The minimum atomic E-state index is 0.518. The van der Waals surface area contributed by atoms with Crippen molar-refractivity contribution in [2.24, 2.45) is 0 Å². The fraction of sp³-hybridized carbons (Fsp3) is 0.417. The maximum atomic E-state index is 5.34. The molecule has 0 heterocycles. The van der Waals surface area contributed by atoms with Crippen molar-refractivity contribution in [3.05, 3.63) is 29.3 Å². The molecule has 1 aromatic rings. The molecule has 0 spiro atoms. The van der Waals surface area contributed by atoms with Crippen LogP contribution in [0, 0.1) is 6.92 Å². The highest BCUT2D eigenvalue weighted by Crippen LogP contribution is 2.23. The molecule has 1 rings (SSSR count). The molecule has 0 bridgehead atoms. The van der Waals surface area contributed by atoms with Crippen LogP contribution in [0.25, 0.3) is 0 Å². The largest absolute Gasteiger partial charge is 0.496 e. The smallest absolute Gasteiger partial charge is 0.127 e. The Morgan fingerprint density at radius 1 is 1.44 bits per heavy atom. The van der Waals surface area contributed by atoms with E-state index in [1.807, 2.05) is 26.2 Å². The summed E-state index contributed by atoms with van der Waals surface area (Å²) in [6.45, 7) is 2.82. The van der Waals surface area contributed by atoms with Crippen molar-refractivity contribution in [1.29, 1.82) is 0 Å². The molecule has 0 saturated heterocycles. The fourth-order valence-corrected chi connectivity index (χ4v) is 1.65. The number of ether oxygens (including phenoxy) is 1. The van der Waals surface area contributed by atoms with Crippen LogP contribution in [0.1, 0.15) is 11.1 Å². The molecule has 16 heavy (non-hydrogen) atoms. The van der Waals surface area contributed by atoms with Gasteiger partial charge in [-0.15, -0.1) is 0 Å². The van der Waals surface area contributed by atoms with E-state index < -0.39 is 0 Å². The molecule has 4 heteroatoms. The average Bonchev–Trinajstić information content (AvgIpc) is 2.17. The third-order valence-corrected chi connectivity index (χ3v) is 3.48. The van der Waals surface area contributed by atoms with Gasteiger partial charge in [-0.05, 0) is 19.1 Å². The van der Waals surface area contributed by atoms with Gasteiger partial charge in [-0.1, -0.05) is 11.6 Å². The van der Waals surface area contributed by atoms with Gasteiger partial charge >= 0.3 is 0 Å². The summed E-state index contributed by atoms with van der Waals surface area (Å²) in [5.74, 6) is 0.892. The van der Waals surface area contributed by atoms with E-state index >= 15 is 0 Å². The molecule has 0 aliphatic carbocycles. The average molecular weight is 255 g/mol. The number of quaternary nitrogens is 1. The molecule has 2 nitrogen and oxygen atoms in total. The van der Waals surface area contributed by atoms with Crippen molar-refractivity contribution in [2.75, 3.05) is 21.2 Å². The van der Waals surface area contributed by atoms with E-state index in [1.165, 1.54) is 5.56 Å². The quantitative estimate of drug-likeness (QED) is 0.466. The molecule has 0 aliphatic heterocycles. The van der Waals surface area contributed by atoms with E-state index in [0.717, 1.165) is 17.9 Å². The summed E-state index contributed by atoms with van der Waals surface area (Å²) in [4.78, 5) is 0. The number of thiocarbonyl (C=S) groups is 1. The predicted molar refractivity (Wildman–Crippen MR) is 73.5 cm³/mol. The van der Waals surface area contributed by atoms with Crippen molar-refractivity contribution >= 4 is 29.2 Å². The highest BCUT2D eigenvalue weighted by atomic mass is 32.1. The molecular weight excluding hydrogens is 238 g/mol. The lowest BCUT2D eigenvalue weighted by Crippen LogP contribution is -2.42. The molecule has 0 saturated carbocycles. The number of hydrogen-bond acceptors (Lipinski definition) is 3. The van der Waals surface area contributed by atoms with Crippen LogP contribution in [-0.2, 0) is 19.2 Å². The first-order valence-corrected chi connectivity index (χ1v) is 5.86. The molecular formula is C12H17NOS2. The maximum Gasteiger partial charge on any atom is 0.127 e. The molecule has 0 aromatic heterocycles. The van der Waals surface area contributed by atoms with Crippen molar-refractivity contribution < 1.29 is 9.22 Å². The second-order valence-corrected chi connectivity index (χ2v) is 5.46. The number of hydrogen-bond donors (Lipinski definition) is 0. The Hall–Kier alpha value is -0.710. The summed E-state index contributed by atoms with van der Waals surface area (Å²) in [5.41, 5.74) is 2.35. The minimum Gasteiger partial charge on any atom is -0.496 e. The Morgan fingerprint density at radius 3 is 2.56 bits per heavy atom. The summed E-state index contributed by atoms with van der Waals surface area (Å²) in [6.07, 6.45) is 0. The lowest BCUT2D eigenvalue weighted by atomic mass is 10.1. The minimum absolute atomic E-state index is 0.518. The third-order valence-electron chi connectivity index (χ3n) is 2.50. The lowest BCUT2D eigenvalue weighted by molar-refractivity contribution is -0.807. The fourth-order valence-electron chi connectivity index (χ4n) is 1.52. The van der Waals surface area contributed by atoms with E-state index in [9.17, 15) is 0 Å². The van der Waals surface area contributed by atoms with Gasteiger partial charge in [0.1, 0.15) is 12.3 Å². The second kappa shape index (κ2) is 5.08. The van der Waals surface area contributed by atoms with Gasteiger partial charge in [0.25, 0.3) is 0 Å². The van der Waals surface area contributed by atoms with Crippen LogP contribution in [0.2, 0.25) is 0 Å². The van der Waals surface area contributed by atoms with Gasteiger partial charge in [0.05, 0.1) is 21.2 Å². The molecule has 1 aromatic carbocycles. The van der Waals surface area contributed by atoms with Gasteiger partial charge in [0.2, 0.25) is 0 Å². The molecule has 0 aliphatic rings. The normalized spacial score (nSPS) is 11.2. The predicted octanol–water partition coefficient (Wildman–Crippen LogP) is 2.41. The zero-order chi connectivity index (χ0) is 12.3. The van der Waals surface area contributed by atoms with Crippen molar-refractivity contribution in [3.8, 4) is 5.75 Å². The van der Waals surface area contributed by atoms with E-state index in [-0.39, 0.29) is 0 Å². The summed E-state index contributed by atoms with van der Waals surface area (Å²) in [5, 5.41) is 0. The molecule has 0 radical (unpaired) electrons. The van der Waals surface area contributed by atoms with Gasteiger partial charge < -0.3 is 34.1 Å². The van der Waals surface area contributed by atoms with Crippen molar-refractivity contribution in [2.45, 2.75) is 13.5 Å². The molecule has 0 unspecified atom stereocenters. The number of methoxy groups -OCH3 is 1. The zero-order valence-electron chi connectivity index (χ0n) is 10.1. The second-order valence-electron chi connectivity index (χ2n) is 4.42. The van der Waals surface area contributed by atoms with Gasteiger partial charge in [-0.3, -0.25) is 0 Å². The van der Waals surface area contributed by atoms with E-state index in [4.69, 9.17) is 29.6 Å². The molecule has 0 fully saturated rings. The Kier molecular flexibility index (Phi) is 4.24. The Morgan fingerprint density at radius 2 is 2.06 bits per heavy atom. The van der Waals surface area contributed by atoms with Gasteiger partial charge in [0, 0.05) is 9.88 Å². The Balaban J connectivity index is 3.04. The maximum absolute atomic E-state index is 5.34. The van der Waals surface area contributed by atoms with Crippen LogP contribution in [-0.4, -0.2) is 30.0 Å². The number of aryl methyl sites for hydroxylation is 1. The number of benzene rings is 1. The van der Waals surface area contributed by atoms with Crippen LogP contribution >= 0.6 is 12.2 Å². The van der Waals surface area contributed by atoms with Gasteiger partial charge in [-0.2, -0.15) is 0 Å². The topological polar surface area (TPSA) is 9.23 Å². The standard InChI is InChI=1S/C12H17NOS2/c1-9-5-6-11(14-4)10(7-9)8-13(2,3)12(15)16/h5-7H,8H2,1-4H3. The van der Waals surface area contributed by atoms with Crippen LogP contribution in [0.5, 0.6) is 5.75 Å². The zero-order valence-corrected chi connectivity index (χ0v) is 11.7. The van der Waals surface area contributed by atoms with Crippen LogP contribution < -0.4 is 4.74 Å². The molecule has 0 atom stereocenters. The SMILES string of the molecule is COc1ccc(C)cc1C[N+](C)(C)C(=S)[S-]. The summed E-state index contributed by atoms with van der Waals surface area (Å²) < 4.78 is 6.42. The molecule has 0 amide bonds. The first-order valence-electron chi connectivity index (χ1n) is 5.05. The summed E-state index contributed by atoms with van der Waals surface area (Å²) in [6, 6.07) is 6.14. The van der Waals surface area contributed by atoms with Gasteiger partial charge in [0.15, 0.2) is 0 Å². The summed E-state index contributed by atoms with van der Waals surface area (Å²) >= 11 is 10.2. The third kappa shape index (κ3) is 3.14. The number of rotatable bonds is 3. The van der Waals surface area contributed by atoms with E-state index in [0.29, 0.717) is 8.80 Å². The van der Waals surface area contributed by atoms with Crippen molar-refractivity contribution in [1.82, 2.24) is 0 Å².